The van der Waals surface area contributed by atoms with Gasteiger partial charge in [0.05, 0.1) is 34.1 Å². The highest BCUT2D eigenvalue weighted by Gasteiger charge is 2.10. The molecule has 0 atom stereocenters. The molecular formula is C17H17ClO3S. The molecule has 2 aromatic rings. The number of carbonyl (C=O) groups excluding carboxylic acids is 1. The summed E-state index contributed by atoms with van der Waals surface area (Å²) in [5.41, 5.74) is 0.474. The molecule has 0 radical (unpaired) electrons. The number of unbranched alkanes of at least 4 members (excludes halogenated alkanes) is 1. The molecular weight excluding hydrogens is 320 g/mol. The van der Waals surface area contributed by atoms with E-state index in [1.54, 1.807) is 36.4 Å². The van der Waals surface area contributed by atoms with Crippen LogP contribution in [0.2, 0.25) is 5.02 Å². The highest BCUT2D eigenvalue weighted by molar-refractivity contribution is 7.95. The molecule has 0 bridgehead atoms. The molecule has 0 amide bonds. The van der Waals surface area contributed by atoms with Crippen molar-refractivity contribution in [3.8, 4) is 5.75 Å². The van der Waals surface area contributed by atoms with Crippen LogP contribution in [0.5, 0.6) is 5.75 Å². The SMILES string of the molecule is CCCCOc1ccc(C(=O)OSc2ccccc2Cl)cc1. The maximum atomic E-state index is 12.0. The van der Waals surface area contributed by atoms with Gasteiger partial charge in [-0.25, -0.2) is 4.79 Å². The minimum atomic E-state index is -0.412. The van der Waals surface area contributed by atoms with Gasteiger partial charge in [-0.1, -0.05) is 37.1 Å². The van der Waals surface area contributed by atoms with Crippen molar-refractivity contribution in [3.63, 3.8) is 0 Å². The second-order valence-corrected chi connectivity index (χ2v) is 5.79. The molecule has 0 unspecified atom stereocenters. The van der Waals surface area contributed by atoms with Crippen LogP contribution in [0.3, 0.4) is 0 Å². The van der Waals surface area contributed by atoms with E-state index in [-0.39, 0.29) is 0 Å². The van der Waals surface area contributed by atoms with Crippen LogP contribution in [0.15, 0.2) is 53.4 Å². The summed E-state index contributed by atoms with van der Waals surface area (Å²) < 4.78 is 10.7. The first-order valence-electron chi connectivity index (χ1n) is 7.07. The van der Waals surface area contributed by atoms with Gasteiger partial charge in [-0.2, -0.15) is 0 Å². The van der Waals surface area contributed by atoms with Crippen LogP contribution < -0.4 is 4.74 Å². The quantitative estimate of drug-likeness (QED) is 0.502. The summed E-state index contributed by atoms with van der Waals surface area (Å²) in [7, 11) is 0. The summed E-state index contributed by atoms with van der Waals surface area (Å²) in [6, 6.07) is 14.1. The third kappa shape index (κ3) is 4.97. The Morgan fingerprint density at radius 2 is 1.86 bits per heavy atom. The van der Waals surface area contributed by atoms with E-state index >= 15 is 0 Å². The van der Waals surface area contributed by atoms with Crippen molar-refractivity contribution in [2.75, 3.05) is 6.61 Å². The summed E-state index contributed by atoms with van der Waals surface area (Å²) in [4.78, 5) is 12.7. The molecule has 0 aliphatic heterocycles. The van der Waals surface area contributed by atoms with Gasteiger partial charge in [0.15, 0.2) is 0 Å². The van der Waals surface area contributed by atoms with Crippen LogP contribution in [-0.2, 0) is 4.18 Å². The van der Waals surface area contributed by atoms with Crippen LogP contribution in [0.1, 0.15) is 30.1 Å². The monoisotopic (exact) mass is 336 g/mol. The topological polar surface area (TPSA) is 35.5 Å². The zero-order valence-electron chi connectivity index (χ0n) is 12.3. The van der Waals surface area contributed by atoms with Crippen molar-refractivity contribution in [2.24, 2.45) is 0 Å². The minimum absolute atomic E-state index is 0.412. The number of hydrogen-bond acceptors (Lipinski definition) is 4. The van der Waals surface area contributed by atoms with Gasteiger partial charge >= 0.3 is 5.97 Å². The van der Waals surface area contributed by atoms with Crippen LogP contribution in [0.4, 0.5) is 0 Å². The Morgan fingerprint density at radius 1 is 1.14 bits per heavy atom. The third-order valence-corrected chi connectivity index (χ3v) is 4.11. The van der Waals surface area contributed by atoms with Gasteiger partial charge in [-0.15, -0.1) is 0 Å². The second-order valence-electron chi connectivity index (χ2n) is 4.61. The molecule has 2 rings (SSSR count). The van der Waals surface area contributed by atoms with E-state index in [1.807, 2.05) is 12.1 Å². The van der Waals surface area contributed by atoms with Crippen molar-refractivity contribution in [1.29, 1.82) is 0 Å². The fourth-order valence-corrected chi connectivity index (χ4v) is 2.44. The van der Waals surface area contributed by atoms with Crippen molar-refractivity contribution in [3.05, 3.63) is 59.1 Å². The number of hydrogen-bond donors (Lipinski definition) is 0. The van der Waals surface area contributed by atoms with Gasteiger partial charge in [0.2, 0.25) is 0 Å². The van der Waals surface area contributed by atoms with E-state index in [4.69, 9.17) is 20.5 Å². The Morgan fingerprint density at radius 3 is 2.55 bits per heavy atom. The van der Waals surface area contributed by atoms with Crippen molar-refractivity contribution in [2.45, 2.75) is 24.7 Å². The Labute approximate surface area is 139 Å². The molecule has 3 nitrogen and oxygen atoms in total. The molecule has 0 saturated carbocycles. The average molecular weight is 337 g/mol. The number of benzene rings is 2. The molecule has 0 aliphatic carbocycles. The molecule has 0 aromatic heterocycles. The van der Waals surface area contributed by atoms with E-state index in [2.05, 4.69) is 6.92 Å². The van der Waals surface area contributed by atoms with Crippen LogP contribution in [0, 0.1) is 0 Å². The van der Waals surface area contributed by atoms with Gasteiger partial charge in [-0.05, 0) is 42.8 Å². The first-order chi connectivity index (χ1) is 10.7. The highest BCUT2D eigenvalue weighted by atomic mass is 35.5. The molecule has 0 fully saturated rings. The van der Waals surface area contributed by atoms with E-state index in [9.17, 15) is 4.79 Å². The first-order valence-corrected chi connectivity index (χ1v) is 8.19. The highest BCUT2D eigenvalue weighted by Crippen LogP contribution is 2.28. The fourth-order valence-electron chi connectivity index (χ4n) is 1.66. The minimum Gasteiger partial charge on any atom is -0.494 e. The lowest BCUT2D eigenvalue weighted by atomic mass is 10.2. The lowest BCUT2D eigenvalue weighted by molar-refractivity contribution is 0.0768. The summed E-state index contributed by atoms with van der Waals surface area (Å²) in [6.07, 6.45) is 2.10. The number of rotatable bonds is 7. The smallest absolute Gasteiger partial charge is 0.350 e. The van der Waals surface area contributed by atoms with Crippen LogP contribution in [0.25, 0.3) is 0 Å². The molecule has 22 heavy (non-hydrogen) atoms. The molecule has 116 valence electrons. The summed E-state index contributed by atoms with van der Waals surface area (Å²) in [6.45, 7) is 2.79. The summed E-state index contributed by atoms with van der Waals surface area (Å²) >= 11 is 6.96. The summed E-state index contributed by atoms with van der Waals surface area (Å²) in [5, 5.41) is 0.556. The molecule has 5 heteroatoms. The molecule has 0 N–H and O–H groups in total. The number of carbonyl (C=O) groups is 1. The zero-order chi connectivity index (χ0) is 15.8. The Balaban J connectivity index is 1.88. The second kappa shape index (κ2) is 8.71. The Bertz CT molecular complexity index is 614. The third-order valence-electron chi connectivity index (χ3n) is 2.90. The van der Waals surface area contributed by atoms with Gasteiger partial charge in [0, 0.05) is 0 Å². The number of halogens is 1. The van der Waals surface area contributed by atoms with Gasteiger partial charge in [0.25, 0.3) is 0 Å². The van der Waals surface area contributed by atoms with E-state index < -0.39 is 5.97 Å². The van der Waals surface area contributed by atoms with E-state index in [0.29, 0.717) is 22.1 Å². The zero-order valence-corrected chi connectivity index (χ0v) is 13.8. The number of ether oxygens (including phenoxy) is 1. The van der Waals surface area contributed by atoms with Crippen molar-refractivity contribution in [1.82, 2.24) is 0 Å². The van der Waals surface area contributed by atoms with Crippen LogP contribution in [-0.4, -0.2) is 12.6 Å². The molecule has 0 saturated heterocycles. The average Bonchev–Trinajstić information content (AvgIpc) is 2.55. The maximum Gasteiger partial charge on any atom is 0.350 e. The Kier molecular flexibility index (Phi) is 6.62. The maximum absolute atomic E-state index is 12.0. The summed E-state index contributed by atoms with van der Waals surface area (Å²) in [5.74, 6) is 0.341. The fraction of sp³-hybridized carbons (Fsp3) is 0.235. The molecule has 0 heterocycles. The first kappa shape index (κ1) is 16.7. The van der Waals surface area contributed by atoms with E-state index in [1.165, 1.54) is 0 Å². The predicted molar refractivity (Wildman–Crippen MR) is 89.6 cm³/mol. The molecule has 0 spiro atoms. The van der Waals surface area contributed by atoms with Gasteiger partial charge in [0.1, 0.15) is 5.75 Å². The Hall–Kier alpha value is -1.65. The van der Waals surface area contributed by atoms with Crippen molar-refractivity contribution < 1.29 is 13.7 Å². The lowest BCUT2D eigenvalue weighted by Crippen LogP contribution is -2.01. The largest absolute Gasteiger partial charge is 0.494 e. The van der Waals surface area contributed by atoms with Crippen LogP contribution >= 0.6 is 23.6 Å². The van der Waals surface area contributed by atoms with Crippen molar-refractivity contribution >= 4 is 29.6 Å². The van der Waals surface area contributed by atoms with E-state index in [0.717, 1.165) is 30.6 Å². The lowest BCUT2D eigenvalue weighted by Gasteiger charge is -2.07. The van der Waals surface area contributed by atoms with Gasteiger partial charge in [-0.3, -0.25) is 0 Å². The molecule has 0 aliphatic rings. The predicted octanol–water partition coefficient (Wildman–Crippen LogP) is 5.38. The standard InChI is InChI=1S/C17H17ClO3S/c1-2-3-12-20-14-10-8-13(9-11-14)17(19)21-22-16-7-5-4-6-15(16)18/h4-11H,2-3,12H2,1H3. The van der Waals surface area contributed by atoms with Gasteiger partial charge < -0.3 is 8.92 Å². The molecule has 2 aromatic carbocycles. The normalized spacial score (nSPS) is 10.3.